The van der Waals surface area contributed by atoms with Crippen LogP contribution in [0.3, 0.4) is 0 Å². The highest BCUT2D eigenvalue weighted by Gasteiger charge is 2.32. The van der Waals surface area contributed by atoms with Gasteiger partial charge in [0.05, 0.1) is 6.10 Å². The molecule has 1 saturated carbocycles. The summed E-state index contributed by atoms with van der Waals surface area (Å²) in [5.41, 5.74) is 0.391. The first-order valence-corrected chi connectivity index (χ1v) is 6.95. The minimum absolute atomic E-state index is 0.157. The predicted molar refractivity (Wildman–Crippen MR) is 71.0 cm³/mol. The van der Waals surface area contributed by atoms with E-state index >= 15 is 0 Å². The van der Waals surface area contributed by atoms with E-state index in [0.29, 0.717) is 17.8 Å². The third kappa shape index (κ3) is 4.79. The van der Waals surface area contributed by atoms with Crippen LogP contribution in [-0.2, 0) is 9.53 Å². The zero-order valence-corrected chi connectivity index (χ0v) is 12.1. The first kappa shape index (κ1) is 14.7. The molecule has 1 rings (SSSR count). The topological polar surface area (TPSA) is 26.3 Å². The number of rotatable bonds is 4. The number of ether oxygens (including phenoxy) is 1. The van der Waals surface area contributed by atoms with Gasteiger partial charge in [0.2, 0.25) is 0 Å². The molecule has 1 fully saturated rings. The molecule has 2 nitrogen and oxygen atoms in total. The lowest BCUT2D eigenvalue weighted by Gasteiger charge is -2.36. The molecule has 0 aromatic carbocycles. The fourth-order valence-electron chi connectivity index (χ4n) is 2.65. The Kier molecular flexibility index (Phi) is 5.18. The van der Waals surface area contributed by atoms with Gasteiger partial charge in [0.1, 0.15) is 6.61 Å². The third-order valence-corrected chi connectivity index (χ3v) is 3.97. The normalized spacial score (nSPS) is 26.2. The van der Waals surface area contributed by atoms with Gasteiger partial charge in [0.15, 0.2) is 5.78 Å². The highest BCUT2D eigenvalue weighted by Crippen LogP contribution is 2.39. The van der Waals surface area contributed by atoms with Crippen molar-refractivity contribution in [3.63, 3.8) is 0 Å². The van der Waals surface area contributed by atoms with E-state index in [2.05, 4.69) is 20.8 Å². The third-order valence-electron chi connectivity index (χ3n) is 3.97. The number of carbonyl (C=O) groups excluding carboxylic acids is 1. The molecule has 0 bridgehead atoms. The van der Waals surface area contributed by atoms with E-state index < -0.39 is 0 Å². The van der Waals surface area contributed by atoms with Gasteiger partial charge in [-0.3, -0.25) is 4.79 Å². The van der Waals surface area contributed by atoms with E-state index in [4.69, 9.17) is 4.74 Å². The summed E-state index contributed by atoms with van der Waals surface area (Å²) in [6, 6.07) is 0. The Morgan fingerprint density at radius 2 is 1.71 bits per heavy atom. The fraction of sp³-hybridized carbons (Fsp3) is 0.933. The zero-order valence-electron chi connectivity index (χ0n) is 12.1. The van der Waals surface area contributed by atoms with Crippen LogP contribution in [0.15, 0.2) is 0 Å². The maximum atomic E-state index is 11.9. The van der Waals surface area contributed by atoms with Gasteiger partial charge in [-0.05, 0) is 50.9 Å². The standard InChI is InChI=1S/C15H28O2/c1-11(2)17-10-14(16)12-6-8-13(9-7-12)15(3,4)5/h11-13H,6-10H2,1-5H3. The smallest absolute Gasteiger partial charge is 0.161 e. The van der Waals surface area contributed by atoms with Crippen LogP contribution in [-0.4, -0.2) is 18.5 Å². The van der Waals surface area contributed by atoms with Crippen LogP contribution in [0.1, 0.15) is 60.3 Å². The van der Waals surface area contributed by atoms with Gasteiger partial charge in [-0.25, -0.2) is 0 Å². The molecule has 100 valence electrons. The molecule has 0 radical (unpaired) electrons. The minimum Gasteiger partial charge on any atom is -0.371 e. The molecule has 0 aliphatic heterocycles. The van der Waals surface area contributed by atoms with E-state index in [1.165, 1.54) is 12.8 Å². The van der Waals surface area contributed by atoms with Crippen LogP contribution in [0, 0.1) is 17.3 Å². The monoisotopic (exact) mass is 240 g/mol. The zero-order chi connectivity index (χ0) is 13.1. The molecule has 0 aromatic heterocycles. The lowest BCUT2D eigenvalue weighted by atomic mass is 9.69. The summed E-state index contributed by atoms with van der Waals surface area (Å²) in [6.07, 6.45) is 4.66. The van der Waals surface area contributed by atoms with Crippen LogP contribution >= 0.6 is 0 Å². The average molecular weight is 240 g/mol. The molecule has 1 aliphatic rings. The number of ketones is 1. The van der Waals surface area contributed by atoms with Crippen molar-refractivity contribution in [1.29, 1.82) is 0 Å². The summed E-state index contributed by atoms with van der Waals surface area (Å²) in [5.74, 6) is 1.34. The van der Waals surface area contributed by atoms with E-state index in [9.17, 15) is 4.79 Å². The van der Waals surface area contributed by atoms with Crippen LogP contribution < -0.4 is 0 Å². The maximum Gasteiger partial charge on any atom is 0.161 e. The molecule has 0 spiro atoms. The quantitative estimate of drug-likeness (QED) is 0.746. The Morgan fingerprint density at radius 1 is 1.18 bits per heavy atom. The molecule has 17 heavy (non-hydrogen) atoms. The van der Waals surface area contributed by atoms with Crippen molar-refractivity contribution in [2.24, 2.45) is 17.3 Å². The lowest BCUT2D eigenvalue weighted by molar-refractivity contribution is -0.130. The fourth-order valence-corrected chi connectivity index (χ4v) is 2.65. The summed E-state index contributed by atoms with van der Waals surface area (Å²) < 4.78 is 5.40. The molecule has 1 aliphatic carbocycles. The highest BCUT2D eigenvalue weighted by atomic mass is 16.5. The molecule has 0 saturated heterocycles. The second kappa shape index (κ2) is 5.99. The van der Waals surface area contributed by atoms with Crippen molar-refractivity contribution in [1.82, 2.24) is 0 Å². The first-order valence-electron chi connectivity index (χ1n) is 6.95. The van der Waals surface area contributed by atoms with E-state index in [0.717, 1.165) is 18.8 Å². The van der Waals surface area contributed by atoms with Gasteiger partial charge in [-0.15, -0.1) is 0 Å². The van der Waals surface area contributed by atoms with E-state index in [1.807, 2.05) is 13.8 Å². The summed E-state index contributed by atoms with van der Waals surface area (Å²) in [4.78, 5) is 11.9. The number of carbonyl (C=O) groups is 1. The van der Waals surface area contributed by atoms with Crippen LogP contribution in [0.25, 0.3) is 0 Å². The molecule has 0 heterocycles. The molecular formula is C15H28O2. The van der Waals surface area contributed by atoms with Crippen molar-refractivity contribution in [2.45, 2.75) is 66.4 Å². The lowest BCUT2D eigenvalue weighted by Crippen LogP contribution is -2.30. The van der Waals surface area contributed by atoms with Crippen LogP contribution in [0.5, 0.6) is 0 Å². The summed E-state index contributed by atoms with van der Waals surface area (Å²) in [7, 11) is 0. The van der Waals surface area contributed by atoms with Crippen molar-refractivity contribution in [3.05, 3.63) is 0 Å². The second-order valence-corrected chi connectivity index (χ2v) is 6.74. The van der Waals surface area contributed by atoms with Gasteiger partial charge in [0, 0.05) is 5.92 Å². The number of hydrogen-bond donors (Lipinski definition) is 0. The molecule has 0 amide bonds. The first-order chi connectivity index (χ1) is 7.80. The van der Waals surface area contributed by atoms with Crippen molar-refractivity contribution >= 4 is 5.78 Å². The molecular weight excluding hydrogens is 212 g/mol. The van der Waals surface area contributed by atoms with Gasteiger partial charge >= 0.3 is 0 Å². The SMILES string of the molecule is CC(C)OCC(=O)C1CCC(C(C)(C)C)CC1. The maximum absolute atomic E-state index is 11.9. The van der Waals surface area contributed by atoms with E-state index in [1.54, 1.807) is 0 Å². The van der Waals surface area contributed by atoms with Crippen molar-refractivity contribution < 1.29 is 9.53 Å². The molecule has 2 heteroatoms. The summed E-state index contributed by atoms with van der Waals surface area (Å²) in [5, 5.41) is 0. The van der Waals surface area contributed by atoms with Gasteiger partial charge in [-0.2, -0.15) is 0 Å². The van der Waals surface area contributed by atoms with Gasteiger partial charge < -0.3 is 4.74 Å². The Bertz CT molecular complexity index is 242. The Balaban J connectivity index is 2.34. The van der Waals surface area contributed by atoms with Crippen LogP contribution in [0.2, 0.25) is 0 Å². The Hall–Kier alpha value is -0.370. The molecule has 0 aromatic rings. The molecule has 0 N–H and O–H groups in total. The van der Waals surface area contributed by atoms with Crippen molar-refractivity contribution in [3.8, 4) is 0 Å². The predicted octanol–water partition coefficient (Wildman–Crippen LogP) is 3.83. The minimum atomic E-state index is 0.157. The average Bonchev–Trinajstić information content (AvgIpc) is 2.25. The highest BCUT2D eigenvalue weighted by molar-refractivity contribution is 5.82. The summed E-state index contributed by atoms with van der Waals surface area (Å²) >= 11 is 0. The number of hydrogen-bond acceptors (Lipinski definition) is 2. The van der Waals surface area contributed by atoms with Crippen molar-refractivity contribution in [2.75, 3.05) is 6.61 Å². The largest absolute Gasteiger partial charge is 0.371 e. The number of Topliss-reactive ketones (excluding diaryl/α,β-unsaturated/α-hetero) is 1. The van der Waals surface area contributed by atoms with Gasteiger partial charge in [0.25, 0.3) is 0 Å². The second-order valence-electron chi connectivity index (χ2n) is 6.74. The summed E-state index contributed by atoms with van der Waals surface area (Å²) in [6.45, 7) is 11.2. The Morgan fingerprint density at radius 3 is 2.12 bits per heavy atom. The molecule has 0 atom stereocenters. The molecule has 0 unspecified atom stereocenters. The Labute approximate surface area is 106 Å². The van der Waals surface area contributed by atoms with Gasteiger partial charge in [-0.1, -0.05) is 20.8 Å². The van der Waals surface area contributed by atoms with Crippen LogP contribution in [0.4, 0.5) is 0 Å². The van der Waals surface area contributed by atoms with E-state index in [-0.39, 0.29) is 12.0 Å².